The van der Waals surface area contributed by atoms with Crippen LogP contribution in [0.1, 0.15) is 29.2 Å². The summed E-state index contributed by atoms with van der Waals surface area (Å²) in [5.74, 6) is 1.32. The third kappa shape index (κ3) is 5.45. The summed E-state index contributed by atoms with van der Waals surface area (Å²) < 4.78 is 2.25. The number of nitrogens with two attached hydrogens (primary N) is 1. The standard InChI is InChI=1S/C32H35N7O2/c1-37(2)14-6-9-28(40)38-17-23-15-26(16-24(23)18-38)39-19-27(29-30(33)34-20-35-31(29)39)21-10-12-22(13-11-21)32(41)36-25-7-4-3-5-8-25/h3-13,19-20,23-24,26H,14-18H2,1-2H3,(H,36,41)(H2,33,34,35)/b9-6+. The molecule has 3 N–H and O–H groups in total. The van der Waals surface area contributed by atoms with Crippen molar-refractivity contribution in [2.75, 3.05) is 44.8 Å². The Hall–Kier alpha value is -4.50. The number of nitrogen functional groups attached to an aromatic ring is 1. The van der Waals surface area contributed by atoms with Gasteiger partial charge in [-0.15, -0.1) is 0 Å². The number of likely N-dealkylation sites (N-methyl/N-ethyl adjacent to an activating group) is 1. The molecule has 6 rings (SSSR count). The Labute approximate surface area is 239 Å². The molecule has 1 aliphatic carbocycles. The number of carbonyl (C=O) groups is 2. The van der Waals surface area contributed by atoms with Crippen LogP contribution in [0.4, 0.5) is 11.5 Å². The van der Waals surface area contributed by atoms with Crippen molar-refractivity contribution < 1.29 is 9.59 Å². The van der Waals surface area contributed by atoms with Crippen LogP contribution in [0.25, 0.3) is 22.2 Å². The molecule has 9 nitrogen and oxygen atoms in total. The number of fused-ring (bicyclic) bond motifs is 2. The van der Waals surface area contributed by atoms with E-state index in [0.717, 1.165) is 60.3 Å². The Bertz CT molecular complexity index is 1580. The fourth-order valence-corrected chi connectivity index (χ4v) is 6.28. The lowest BCUT2D eigenvalue weighted by Crippen LogP contribution is -2.28. The van der Waals surface area contributed by atoms with Crippen molar-refractivity contribution in [3.05, 3.63) is 84.8 Å². The first kappa shape index (κ1) is 26.7. The third-order valence-corrected chi connectivity index (χ3v) is 8.29. The lowest BCUT2D eigenvalue weighted by molar-refractivity contribution is -0.125. The fraction of sp³-hybridized carbons (Fsp3) is 0.312. The van der Waals surface area contributed by atoms with E-state index in [1.165, 1.54) is 6.33 Å². The summed E-state index contributed by atoms with van der Waals surface area (Å²) in [6.45, 7) is 2.34. The van der Waals surface area contributed by atoms with Gasteiger partial charge in [0.1, 0.15) is 17.8 Å². The maximum atomic E-state index is 12.8. The topological polar surface area (TPSA) is 109 Å². The minimum atomic E-state index is -0.161. The maximum Gasteiger partial charge on any atom is 0.255 e. The van der Waals surface area contributed by atoms with Crippen LogP contribution in [0.3, 0.4) is 0 Å². The molecule has 2 aliphatic rings. The summed E-state index contributed by atoms with van der Waals surface area (Å²) in [4.78, 5) is 38.4. The summed E-state index contributed by atoms with van der Waals surface area (Å²) in [6.07, 6.45) is 9.27. The first-order valence-electron chi connectivity index (χ1n) is 14.1. The van der Waals surface area contributed by atoms with Crippen LogP contribution in [0.5, 0.6) is 0 Å². The second-order valence-electron chi connectivity index (χ2n) is 11.4. The van der Waals surface area contributed by atoms with Crippen LogP contribution in [0, 0.1) is 11.8 Å². The molecule has 210 valence electrons. The largest absolute Gasteiger partial charge is 0.383 e. The lowest BCUT2D eigenvalue weighted by atomic mass is 10.0. The molecular weight excluding hydrogens is 514 g/mol. The Morgan fingerprint density at radius 1 is 1.02 bits per heavy atom. The van der Waals surface area contributed by atoms with Crippen molar-refractivity contribution in [1.29, 1.82) is 0 Å². The second-order valence-corrected chi connectivity index (χ2v) is 11.4. The minimum Gasteiger partial charge on any atom is -0.383 e. The molecule has 2 atom stereocenters. The third-order valence-electron chi connectivity index (χ3n) is 8.29. The molecule has 1 saturated heterocycles. The van der Waals surface area contributed by atoms with Crippen molar-refractivity contribution in [3.8, 4) is 11.1 Å². The first-order valence-corrected chi connectivity index (χ1v) is 14.1. The van der Waals surface area contributed by atoms with Crippen LogP contribution in [0.2, 0.25) is 0 Å². The molecule has 2 fully saturated rings. The number of aromatic nitrogens is 3. The number of para-hydroxylation sites is 1. The predicted octanol–water partition coefficient (Wildman–Crippen LogP) is 4.46. The van der Waals surface area contributed by atoms with Gasteiger partial charge in [0, 0.05) is 54.8 Å². The first-order chi connectivity index (χ1) is 19.9. The Balaban J connectivity index is 1.20. The molecule has 2 aromatic heterocycles. The van der Waals surface area contributed by atoms with E-state index >= 15 is 0 Å². The Kier molecular flexibility index (Phi) is 7.28. The number of hydrogen-bond donors (Lipinski definition) is 2. The highest BCUT2D eigenvalue weighted by Crippen LogP contribution is 2.46. The molecule has 2 amide bonds. The number of carbonyl (C=O) groups excluding carboxylic acids is 2. The van der Waals surface area contributed by atoms with E-state index in [2.05, 4.69) is 26.0 Å². The fourth-order valence-electron chi connectivity index (χ4n) is 6.28. The van der Waals surface area contributed by atoms with E-state index in [-0.39, 0.29) is 17.9 Å². The summed E-state index contributed by atoms with van der Waals surface area (Å²) in [7, 11) is 3.98. The summed E-state index contributed by atoms with van der Waals surface area (Å²) in [5, 5.41) is 3.76. The van der Waals surface area contributed by atoms with Crippen molar-refractivity contribution >= 4 is 34.4 Å². The van der Waals surface area contributed by atoms with E-state index in [0.29, 0.717) is 23.2 Å². The van der Waals surface area contributed by atoms with Gasteiger partial charge in [-0.2, -0.15) is 0 Å². The van der Waals surface area contributed by atoms with E-state index < -0.39 is 0 Å². The van der Waals surface area contributed by atoms with Crippen LogP contribution in [0.15, 0.2) is 79.3 Å². The van der Waals surface area contributed by atoms with E-state index in [9.17, 15) is 9.59 Å². The molecular formula is C32H35N7O2. The zero-order valence-electron chi connectivity index (χ0n) is 23.4. The molecule has 0 radical (unpaired) electrons. The number of anilines is 2. The van der Waals surface area contributed by atoms with Gasteiger partial charge >= 0.3 is 0 Å². The average Bonchev–Trinajstić information content (AvgIpc) is 3.66. The van der Waals surface area contributed by atoms with Crippen molar-refractivity contribution in [3.63, 3.8) is 0 Å². The Morgan fingerprint density at radius 3 is 2.41 bits per heavy atom. The monoisotopic (exact) mass is 549 g/mol. The lowest BCUT2D eigenvalue weighted by Gasteiger charge is -2.19. The van der Waals surface area contributed by atoms with Gasteiger partial charge in [0.15, 0.2) is 0 Å². The van der Waals surface area contributed by atoms with E-state index in [1.807, 2.05) is 84.6 Å². The van der Waals surface area contributed by atoms with E-state index in [4.69, 9.17) is 5.73 Å². The molecule has 2 unspecified atom stereocenters. The van der Waals surface area contributed by atoms with E-state index in [1.54, 1.807) is 6.08 Å². The average molecular weight is 550 g/mol. The molecule has 1 saturated carbocycles. The van der Waals surface area contributed by atoms with Gasteiger partial charge < -0.3 is 25.4 Å². The summed E-state index contributed by atoms with van der Waals surface area (Å²) >= 11 is 0. The molecule has 1 aliphatic heterocycles. The quantitative estimate of drug-likeness (QED) is 0.330. The zero-order valence-corrected chi connectivity index (χ0v) is 23.4. The smallest absolute Gasteiger partial charge is 0.255 e. The molecule has 2 aromatic carbocycles. The second kappa shape index (κ2) is 11.2. The van der Waals surface area contributed by atoms with Gasteiger partial charge in [0.2, 0.25) is 5.91 Å². The van der Waals surface area contributed by atoms with Gasteiger partial charge in [-0.05, 0) is 68.6 Å². The number of nitrogens with one attached hydrogen (secondary N) is 1. The number of benzene rings is 2. The number of likely N-dealkylation sites (tertiary alicyclic amines) is 1. The van der Waals surface area contributed by atoms with Crippen molar-refractivity contribution in [2.24, 2.45) is 11.8 Å². The van der Waals surface area contributed by atoms with Crippen LogP contribution in [-0.4, -0.2) is 69.9 Å². The maximum absolute atomic E-state index is 12.8. The highest BCUT2D eigenvalue weighted by Gasteiger charge is 2.43. The molecule has 4 aromatic rings. The van der Waals surface area contributed by atoms with Crippen LogP contribution in [-0.2, 0) is 4.79 Å². The highest BCUT2D eigenvalue weighted by molar-refractivity contribution is 6.05. The van der Waals surface area contributed by atoms with Gasteiger partial charge in [-0.1, -0.05) is 36.4 Å². The highest BCUT2D eigenvalue weighted by atomic mass is 16.2. The van der Waals surface area contributed by atoms with Crippen LogP contribution >= 0.6 is 0 Å². The normalized spacial score (nSPS) is 20.3. The van der Waals surface area contributed by atoms with Gasteiger partial charge in [-0.3, -0.25) is 9.59 Å². The van der Waals surface area contributed by atoms with Crippen LogP contribution < -0.4 is 11.1 Å². The molecule has 9 heteroatoms. The number of hydrogen-bond acceptors (Lipinski definition) is 6. The summed E-state index contributed by atoms with van der Waals surface area (Å²) in [6, 6.07) is 17.2. The Morgan fingerprint density at radius 2 is 1.73 bits per heavy atom. The summed E-state index contributed by atoms with van der Waals surface area (Å²) in [5.41, 5.74) is 10.4. The SMILES string of the molecule is CN(C)C/C=C/C(=O)N1CC2CC(n3cc(-c4ccc(C(=O)Nc5ccccc5)cc4)c4c(N)ncnc43)CC2C1. The minimum absolute atomic E-state index is 0.105. The number of amides is 2. The van der Waals surface area contributed by atoms with Crippen molar-refractivity contribution in [2.45, 2.75) is 18.9 Å². The molecule has 3 heterocycles. The zero-order chi connectivity index (χ0) is 28.5. The number of nitrogens with zero attached hydrogens (tertiary/aromatic N) is 5. The molecule has 0 spiro atoms. The van der Waals surface area contributed by atoms with Gasteiger partial charge in [-0.25, -0.2) is 9.97 Å². The molecule has 41 heavy (non-hydrogen) atoms. The molecule has 0 bridgehead atoms. The van der Waals surface area contributed by atoms with Crippen molar-refractivity contribution in [1.82, 2.24) is 24.3 Å². The predicted molar refractivity (Wildman–Crippen MR) is 161 cm³/mol. The van der Waals surface area contributed by atoms with Gasteiger partial charge in [0.05, 0.1) is 5.39 Å². The number of rotatable bonds is 7. The van der Waals surface area contributed by atoms with Gasteiger partial charge in [0.25, 0.3) is 5.91 Å².